The van der Waals surface area contributed by atoms with Crippen molar-refractivity contribution in [2.75, 3.05) is 5.32 Å². The van der Waals surface area contributed by atoms with Gasteiger partial charge in [-0.15, -0.1) is 0 Å². The Labute approximate surface area is 167 Å². The molecular formula is C21H23N3O5. The van der Waals surface area contributed by atoms with E-state index in [0.29, 0.717) is 11.3 Å². The molecule has 1 aliphatic carbocycles. The summed E-state index contributed by atoms with van der Waals surface area (Å²) in [6, 6.07) is 6.52. The Bertz CT molecular complexity index is 925. The lowest BCUT2D eigenvalue weighted by molar-refractivity contribution is -0.145. The molecule has 3 N–H and O–H groups in total. The lowest BCUT2D eigenvalue weighted by Crippen LogP contribution is -2.54. The van der Waals surface area contributed by atoms with Gasteiger partial charge in [-0.05, 0) is 25.3 Å². The number of carbonyl (C=O) groups excluding carboxylic acids is 3. The number of fused-ring (bicyclic) bond motifs is 4. The number of benzene rings is 1. The van der Waals surface area contributed by atoms with Crippen molar-refractivity contribution >= 4 is 29.4 Å². The van der Waals surface area contributed by atoms with Gasteiger partial charge in [-0.2, -0.15) is 0 Å². The predicted octanol–water partition coefficient (Wildman–Crippen LogP) is 1.21. The number of nitrogens with zero attached hydrogens (tertiary/aromatic N) is 1. The SMILES string of the molecule is O=C(O)CC[C@@H]1N[C@@]2(C(=O)Nc3ccccc32)[C@H]2C(=O)N(C3CCCC3)C(=O)[C@H]12. The number of amides is 3. The Kier molecular flexibility index (Phi) is 4.03. The maximum atomic E-state index is 13.6. The first-order valence-electron chi connectivity index (χ1n) is 10.2. The molecule has 8 nitrogen and oxygen atoms in total. The number of anilines is 1. The fraction of sp³-hybridized carbons (Fsp3) is 0.524. The minimum Gasteiger partial charge on any atom is -0.481 e. The van der Waals surface area contributed by atoms with Crippen molar-refractivity contribution in [3.05, 3.63) is 29.8 Å². The van der Waals surface area contributed by atoms with Gasteiger partial charge in [0.15, 0.2) is 0 Å². The normalized spacial score (nSPS) is 33.4. The van der Waals surface area contributed by atoms with Crippen molar-refractivity contribution in [1.82, 2.24) is 10.2 Å². The van der Waals surface area contributed by atoms with Gasteiger partial charge in [-0.3, -0.25) is 29.4 Å². The van der Waals surface area contributed by atoms with Crippen LogP contribution in [-0.4, -0.2) is 45.8 Å². The van der Waals surface area contributed by atoms with Gasteiger partial charge in [0.2, 0.25) is 17.7 Å². The van der Waals surface area contributed by atoms with Gasteiger partial charge in [0, 0.05) is 29.8 Å². The highest BCUT2D eigenvalue weighted by Gasteiger charge is 2.70. The molecule has 2 saturated heterocycles. The molecule has 29 heavy (non-hydrogen) atoms. The van der Waals surface area contributed by atoms with Crippen LogP contribution < -0.4 is 10.6 Å². The van der Waals surface area contributed by atoms with Crippen molar-refractivity contribution in [2.24, 2.45) is 11.8 Å². The van der Waals surface area contributed by atoms with E-state index < -0.39 is 29.4 Å². The quantitative estimate of drug-likeness (QED) is 0.658. The molecule has 3 amide bonds. The third-order valence-electron chi connectivity index (χ3n) is 7.02. The van der Waals surface area contributed by atoms with Crippen molar-refractivity contribution in [3.8, 4) is 0 Å². The highest BCUT2D eigenvalue weighted by Crippen LogP contribution is 2.54. The van der Waals surface area contributed by atoms with E-state index in [1.165, 1.54) is 4.90 Å². The molecule has 0 aromatic heterocycles. The Balaban J connectivity index is 1.61. The standard InChI is InChI=1S/C21H23N3O5/c25-15(26)10-9-14-16-17(19(28)24(18(16)27)11-5-1-2-6-11)21(23-14)12-7-3-4-8-13(12)22-20(21)29/h3-4,7-8,11,14,16-17,23H,1-2,5-6,9-10H2,(H,22,29)(H,25,26)/t14-,16+,17+,21+/m0/s1. The Morgan fingerprint density at radius 2 is 1.86 bits per heavy atom. The largest absolute Gasteiger partial charge is 0.481 e. The van der Waals surface area contributed by atoms with Crippen LogP contribution in [0.15, 0.2) is 24.3 Å². The van der Waals surface area contributed by atoms with Gasteiger partial charge in [-0.25, -0.2) is 0 Å². The summed E-state index contributed by atoms with van der Waals surface area (Å²) in [5.41, 5.74) is -0.0423. The number of imide groups is 1. The predicted molar refractivity (Wildman–Crippen MR) is 102 cm³/mol. The summed E-state index contributed by atoms with van der Waals surface area (Å²) in [5.74, 6) is -3.45. The molecule has 4 aliphatic rings. The smallest absolute Gasteiger partial charge is 0.303 e. The summed E-state index contributed by atoms with van der Waals surface area (Å²) in [5, 5.41) is 15.3. The minimum absolute atomic E-state index is 0.113. The van der Waals surface area contributed by atoms with Gasteiger partial charge in [0.25, 0.3) is 0 Å². The molecule has 3 fully saturated rings. The van der Waals surface area contributed by atoms with Crippen molar-refractivity contribution in [1.29, 1.82) is 0 Å². The maximum absolute atomic E-state index is 13.6. The molecule has 1 aromatic rings. The summed E-state index contributed by atoms with van der Waals surface area (Å²) in [7, 11) is 0. The molecule has 1 saturated carbocycles. The summed E-state index contributed by atoms with van der Waals surface area (Å²) in [4.78, 5) is 52.7. The van der Waals surface area contributed by atoms with Crippen LogP contribution in [0.1, 0.15) is 44.1 Å². The molecule has 0 bridgehead atoms. The van der Waals surface area contributed by atoms with Crippen LogP contribution in [0.5, 0.6) is 0 Å². The molecule has 3 heterocycles. The highest BCUT2D eigenvalue weighted by atomic mass is 16.4. The number of aliphatic carboxylic acids is 1. The number of rotatable bonds is 4. The van der Waals surface area contributed by atoms with Crippen LogP contribution in [0.4, 0.5) is 5.69 Å². The molecule has 0 radical (unpaired) electrons. The molecule has 152 valence electrons. The lowest BCUT2D eigenvalue weighted by atomic mass is 9.76. The number of carbonyl (C=O) groups is 4. The number of hydrogen-bond acceptors (Lipinski definition) is 5. The lowest BCUT2D eigenvalue weighted by Gasteiger charge is -2.31. The Morgan fingerprint density at radius 1 is 1.14 bits per heavy atom. The molecule has 3 aliphatic heterocycles. The van der Waals surface area contributed by atoms with E-state index in [0.717, 1.165) is 25.7 Å². The second kappa shape index (κ2) is 6.38. The van der Waals surface area contributed by atoms with E-state index in [4.69, 9.17) is 5.11 Å². The fourth-order valence-electron chi connectivity index (χ4n) is 5.83. The van der Waals surface area contributed by atoms with Crippen molar-refractivity contribution in [2.45, 2.75) is 56.1 Å². The van der Waals surface area contributed by atoms with E-state index in [9.17, 15) is 19.2 Å². The minimum atomic E-state index is -1.33. The molecule has 4 atom stereocenters. The van der Waals surface area contributed by atoms with Crippen LogP contribution in [-0.2, 0) is 24.7 Å². The van der Waals surface area contributed by atoms with Gasteiger partial charge < -0.3 is 10.4 Å². The van der Waals surface area contributed by atoms with E-state index in [2.05, 4.69) is 10.6 Å². The number of likely N-dealkylation sites (tertiary alicyclic amines) is 1. The zero-order valence-corrected chi connectivity index (χ0v) is 15.9. The maximum Gasteiger partial charge on any atom is 0.303 e. The van der Waals surface area contributed by atoms with Crippen molar-refractivity contribution in [3.63, 3.8) is 0 Å². The molecule has 1 spiro atoms. The third-order valence-corrected chi connectivity index (χ3v) is 7.02. The van der Waals surface area contributed by atoms with E-state index in [1.807, 2.05) is 0 Å². The molecule has 0 unspecified atom stereocenters. The fourth-order valence-corrected chi connectivity index (χ4v) is 5.83. The first-order chi connectivity index (χ1) is 13.9. The van der Waals surface area contributed by atoms with Crippen LogP contribution in [0, 0.1) is 11.8 Å². The van der Waals surface area contributed by atoms with Crippen LogP contribution in [0.3, 0.4) is 0 Å². The third kappa shape index (κ3) is 2.41. The molecule has 1 aromatic carbocycles. The summed E-state index contributed by atoms with van der Waals surface area (Å²) >= 11 is 0. The molecule has 8 heteroatoms. The number of carboxylic acid groups (broad SMARTS) is 1. The highest BCUT2D eigenvalue weighted by molar-refractivity contribution is 6.15. The second-order valence-corrected chi connectivity index (χ2v) is 8.48. The Hall–Kier alpha value is -2.74. The van der Waals surface area contributed by atoms with Crippen molar-refractivity contribution < 1.29 is 24.3 Å². The van der Waals surface area contributed by atoms with E-state index >= 15 is 0 Å². The second-order valence-electron chi connectivity index (χ2n) is 8.48. The number of carboxylic acids is 1. The monoisotopic (exact) mass is 397 g/mol. The Morgan fingerprint density at radius 3 is 2.59 bits per heavy atom. The molecule has 5 rings (SSSR count). The van der Waals surface area contributed by atoms with Gasteiger partial charge in [0.1, 0.15) is 5.54 Å². The zero-order chi connectivity index (χ0) is 20.3. The number of hydrogen-bond donors (Lipinski definition) is 3. The van der Waals surface area contributed by atoms with Crippen LogP contribution in [0.25, 0.3) is 0 Å². The summed E-state index contributed by atoms with van der Waals surface area (Å²) < 4.78 is 0. The van der Waals surface area contributed by atoms with Crippen LogP contribution >= 0.6 is 0 Å². The average molecular weight is 397 g/mol. The van der Waals surface area contributed by atoms with E-state index in [-0.39, 0.29) is 36.6 Å². The molecular weight excluding hydrogens is 374 g/mol. The van der Waals surface area contributed by atoms with Gasteiger partial charge in [0.05, 0.1) is 11.8 Å². The van der Waals surface area contributed by atoms with Gasteiger partial charge >= 0.3 is 5.97 Å². The van der Waals surface area contributed by atoms with E-state index in [1.54, 1.807) is 24.3 Å². The number of nitrogens with one attached hydrogen (secondary N) is 2. The summed E-state index contributed by atoms with van der Waals surface area (Å²) in [6.07, 6.45) is 3.59. The first kappa shape index (κ1) is 18.3. The summed E-state index contributed by atoms with van der Waals surface area (Å²) in [6.45, 7) is 0. The zero-order valence-electron chi connectivity index (χ0n) is 15.9. The number of para-hydroxylation sites is 1. The van der Waals surface area contributed by atoms with Gasteiger partial charge in [-0.1, -0.05) is 31.0 Å². The van der Waals surface area contributed by atoms with Crippen LogP contribution in [0.2, 0.25) is 0 Å². The first-order valence-corrected chi connectivity index (χ1v) is 10.2. The topological polar surface area (TPSA) is 116 Å². The average Bonchev–Trinajstić information content (AvgIpc) is 3.42.